The van der Waals surface area contributed by atoms with E-state index in [0.29, 0.717) is 0 Å². The zero-order valence-electron chi connectivity index (χ0n) is 9.75. The summed E-state index contributed by atoms with van der Waals surface area (Å²) in [4.78, 5) is 0. The third-order valence-corrected chi connectivity index (χ3v) is 4.07. The number of hydrogen-bond acceptors (Lipinski definition) is 3. The predicted molar refractivity (Wildman–Crippen MR) is 68.1 cm³/mol. The van der Waals surface area contributed by atoms with Crippen LogP contribution >= 0.6 is 11.3 Å². The van der Waals surface area contributed by atoms with Crippen LogP contribution < -0.4 is 11.1 Å². The Morgan fingerprint density at radius 2 is 2.13 bits per heavy atom. The van der Waals surface area contributed by atoms with Gasteiger partial charge >= 0.3 is 0 Å². The van der Waals surface area contributed by atoms with Crippen molar-refractivity contribution in [1.82, 2.24) is 5.32 Å². The van der Waals surface area contributed by atoms with Gasteiger partial charge in [0.15, 0.2) is 0 Å². The van der Waals surface area contributed by atoms with Crippen molar-refractivity contribution in [3.8, 4) is 0 Å². The van der Waals surface area contributed by atoms with Crippen molar-refractivity contribution >= 4 is 11.3 Å². The van der Waals surface area contributed by atoms with Crippen LogP contribution in [0.15, 0.2) is 16.8 Å². The van der Waals surface area contributed by atoms with E-state index in [-0.39, 0.29) is 5.41 Å². The van der Waals surface area contributed by atoms with Crippen LogP contribution in [-0.4, -0.2) is 13.1 Å². The standard InChI is InChI=1S/C12H22N2S/c1-3-12(4-2,9-13)10-14-7-11-5-6-15-8-11/h5-6,8,14H,3-4,7,9-10,13H2,1-2H3. The molecule has 1 heterocycles. The minimum atomic E-state index is 0.288. The highest BCUT2D eigenvalue weighted by molar-refractivity contribution is 7.07. The molecule has 0 spiro atoms. The van der Waals surface area contributed by atoms with Crippen molar-refractivity contribution in [3.05, 3.63) is 22.4 Å². The zero-order chi connectivity index (χ0) is 11.1. The summed E-state index contributed by atoms with van der Waals surface area (Å²) < 4.78 is 0. The molecule has 0 saturated carbocycles. The van der Waals surface area contributed by atoms with E-state index < -0.39 is 0 Å². The highest BCUT2D eigenvalue weighted by Crippen LogP contribution is 2.23. The largest absolute Gasteiger partial charge is 0.330 e. The van der Waals surface area contributed by atoms with E-state index in [2.05, 4.69) is 36.0 Å². The van der Waals surface area contributed by atoms with Crippen LogP contribution in [0, 0.1) is 5.41 Å². The van der Waals surface area contributed by atoms with Gasteiger partial charge in [0.25, 0.3) is 0 Å². The van der Waals surface area contributed by atoms with E-state index in [1.54, 1.807) is 11.3 Å². The Labute approximate surface area is 96.9 Å². The summed E-state index contributed by atoms with van der Waals surface area (Å²) in [6.45, 7) is 7.21. The topological polar surface area (TPSA) is 38.0 Å². The Kier molecular flexibility index (Phi) is 5.29. The molecule has 1 aromatic rings. The van der Waals surface area contributed by atoms with Gasteiger partial charge in [-0.2, -0.15) is 11.3 Å². The van der Waals surface area contributed by atoms with E-state index in [9.17, 15) is 0 Å². The van der Waals surface area contributed by atoms with Crippen LogP contribution in [0.1, 0.15) is 32.3 Å². The van der Waals surface area contributed by atoms with E-state index >= 15 is 0 Å². The van der Waals surface area contributed by atoms with Crippen molar-refractivity contribution in [2.24, 2.45) is 11.1 Å². The van der Waals surface area contributed by atoms with Crippen molar-refractivity contribution < 1.29 is 0 Å². The van der Waals surface area contributed by atoms with Crippen LogP contribution in [-0.2, 0) is 6.54 Å². The smallest absolute Gasteiger partial charge is 0.0213 e. The first-order valence-electron chi connectivity index (χ1n) is 5.68. The average Bonchev–Trinajstić information content (AvgIpc) is 2.78. The molecule has 0 aliphatic carbocycles. The van der Waals surface area contributed by atoms with Crippen LogP contribution in [0.2, 0.25) is 0 Å². The molecule has 86 valence electrons. The summed E-state index contributed by atoms with van der Waals surface area (Å²) in [7, 11) is 0. The molecule has 3 N–H and O–H groups in total. The molecule has 1 aromatic heterocycles. The van der Waals surface area contributed by atoms with Crippen molar-refractivity contribution in [2.75, 3.05) is 13.1 Å². The van der Waals surface area contributed by atoms with Gasteiger partial charge in [-0.3, -0.25) is 0 Å². The van der Waals surface area contributed by atoms with Gasteiger partial charge in [-0.25, -0.2) is 0 Å². The minimum absolute atomic E-state index is 0.288. The molecule has 0 saturated heterocycles. The Balaban J connectivity index is 2.34. The van der Waals surface area contributed by atoms with Gasteiger partial charge < -0.3 is 11.1 Å². The molecule has 0 atom stereocenters. The molecule has 0 amide bonds. The molecule has 15 heavy (non-hydrogen) atoms. The van der Waals surface area contributed by atoms with Crippen LogP contribution in [0.4, 0.5) is 0 Å². The predicted octanol–water partition coefficient (Wildman–Crippen LogP) is 2.60. The van der Waals surface area contributed by atoms with E-state index in [4.69, 9.17) is 5.73 Å². The molecule has 3 heteroatoms. The Morgan fingerprint density at radius 1 is 1.40 bits per heavy atom. The summed E-state index contributed by atoms with van der Waals surface area (Å²) in [6.07, 6.45) is 2.30. The van der Waals surface area contributed by atoms with Gasteiger partial charge in [0, 0.05) is 13.1 Å². The lowest BCUT2D eigenvalue weighted by molar-refractivity contribution is 0.258. The maximum absolute atomic E-state index is 5.85. The lowest BCUT2D eigenvalue weighted by atomic mass is 9.82. The van der Waals surface area contributed by atoms with E-state index in [1.165, 1.54) is 5.56 Å². The highest BCUT2D eigenvalue weighted by Gasteiger charge is 2.23. The second-order valence-electron chi connectivity index (χ2n) is 4.15. The molecule has 0 bridgehead atoms. The fourth-order valence-corrected chi connectivity index (χ4v) is 2.39. The molecular formula is C12H22N2S. The number of thiophene rings is 1. The third kappa shape index (κ3) is 3.59. The molecule has 0 radical (unpaired) electrons. The lowest BCUT2D eigenvalue weighted by Crippen LogP contribution is -2.39. The fourth-order valence-electron chi connectivity index (χ4n) is 1.73. The molecule has 0 aromatic carbocycles. The average molecular weight is 226 g/mol. The second-order valence-corrected chi connectivity index (χ2v) is 4.93. The maximum atomic E-state index is 5.85. The van der Waals surface area contributed by atoms with Gasteiger partial charge in [-0.1, -0.05) is 13.8 Å². The number of hydrogen-bond donors (Lipinski definition) is 2. The molecule has 0 aliphatic heterocycles. The Morgan fingerprint density at radius 3 is 2.60 bits per heavy atom. The van der Waals surface area contributed by atoms with Crippen LogP contribution in [0.3, 0.4) is 0 Å². The van der Waals surface area contributed by atoms with E-state index in [0.717, 1.165) is 32.5 Å². The summed E-state index contributed by atoms with van der Waals surface area (Å²) >= 11 is 1.75. The lowest BCUT2D eigenvalue weighted by Gasteiger charge is -2.30. The Hall–Kier alpha value is -0.380. The molecule has 0 aliphatic rings. The van der Waals surface area contributed by atoms with Crippen LogP contribution in [0.5, 0.6) is 0 Å². The van der Waals surface area contributed by atoms with Gasteiger partial charge in [0.1, 0.15) is 0 Å². The highest BCUT2D eigenvalue weighted by atomic mass is 32.1. The SMILES string of the molecule is CCC(CC)(CN)CNCc1ccsc1. The number of nitrogens with two attached hydrogens (primary N) is 1. The summed E-state index contributed by atoms with van der Waals surface area (Å²) in [5.74, 6) is 0. The molecule has 0 fully saturated rings. The third-order valence-electron chi connectivity index (χ3n) is 3.34. The van der Waals surface area contributed by atoms with Gasteiger partial charge in [-0.05, 0) is 47.2 Å². The Bertz CT molecular complexity index is 244. The number of rotatable bonds is 7. The first kappa shape index (κ1) is 12.7. The zero-order valence-corrected chi connectivity index (χ0v) is 10.6. The van der Waals surface area contributed by atoms with E-state index in [1.807, 2.05) is 0 Å². The van der Waals surface area contributed by atoms with Gasteiger partial charge in [-0.15, -0.1) is 0 Å². The first-order chi connectivity index (χ1) is 7.26. The number of nitrogens with one attached hydrogen (secondary N) is 1. The quantitative estimate of drug-likeness (QED) is 0.750. The van der Waals surface area contributed by atoms with Gasteiger partial charge in [0.05, 0.1) is 0 Å². The molecule has 0 unspecified atom stereocenters. The summed E-state index contributed by atoms with van der Waals surface area (Å²) in [6, 6.07) is 2.17. The van der Waals surface area contributed by atoms with Crippen molar-refractivity contribution in [3.63, 3.8) is 0 Å². The fraction of sp³-hybridized carbons (Fsp3) is 0.667. The summed E-state index contributed by atoms with van der Waals surface area (Å²) in [5.41, 5.74) is 7.51. The molecule has 1 rings (SSSR count). The maximum Gasteiger partial charge on any atom is 0.0213 e. The van der Waals surface area contributed by atoms with Gasteiger partial charge in [0.2, 0.25) is 0 Å². The normalized spacial score (nSPS) is 11.9. The monoisotopic (exact) mass is 226 g/mol. The molecule has 2 nitrogen and oxygen atoms in total. The van der Waals surface area contributed by atoms with Crippen molar-refractivity contribution in [1.29, 1.82) is 0 Å². The molecular weight excluding hydrogens is 204 g/mol. The minimum Gasteiger partial charge on any atom is -0.330 e. The van der Waals surface area contributed by atoms with Crippen LogP contribution in [0.25, 0.3) is 0 Å². The van der Waals surface area contributed by atoms with Crippen molar-refractivity contribution in [2.45, 2.75) is 33.2 Å². The first-order valence-corrected chi connectivity index (χ1v) is 6.62. The summed E-state index contributed by atoms with van der Waals surface area (Å²) in [5, 5.41) is 7.82. The second kappa shape index (κ2) is 6.26.